The van der Waals surface area contributed by atoms with Crippen molar-refractivity contribution in [3.63, 3.8) is 0 Å². The summed E-state index contributed by atoms with van der Waals surface area (Å²) in [4.78, 5) is 25.4. The molecule has 2 rings (SSSR count). The number of hydrogen-bond donors (Lipinski definition) is 2. The number of ether oxygens (including phenoxy) is 1. The molecule has 0 saturated heterocycles. The molecule has 2 N–H and O–H groups in total. The lowest BCUT2D eigenvalue weighted by Gasteiger charge is -2.38. The van der Waals surface area contributed by atoms with E-state index in [1.165, 1.54) is 4.90 Å². The first-order chi connectivity index (χ1) is 14.0. The van der Waals surface area contributed by atoms with Gasteiger partial charge in [0.15, 0.2) is 8.32 Å². The fraction of sp³-hybridized carbons (Fsp3) is 0.545. The first kappa shape index (κ1) is 24.0. The normalized spacial score (nSPS) is 19.8. The molecule has 1 aromatic carbocycles. The second kappa shape index (κ2) is 10.1. The van der Waals surface area contributed by atoms with Gasteiger partial charge in [-0.05, 0) is 30.1 Å². The van der Waals surface area contributed by atoms with Crippen molar-refractivity contribution in [1.29, 1.82) is 0 Å². The molecule has 0 aromatic heterocycles. The highest BCUT2D eigenvalue weighted by atomic mass is 28.4. The molecule has 166 valence electrons. The van der Waals surface area contributed by atoms with Gasteiger partial charge in [-0.2, -0.15) is 0 Å². The Morgan fingerprint density at radius 1 is 1.23 bits per heavy atom. The van der Waals surface area contributed by atoms with Crippen LogP contribution < -0.4 is 5.32 Å². The van der Waals surface area contributed by atoms with E-state index in [4.69, 9.17) is 9.16 Å². The summed E-state index contributed by atoms with van der Waals surface area (Å²) in [6, 6.07) is 8.66. The van der Waals surface area contributed by atoms with Crippen molar-refractivity contribution in [3.8, 4) is 0 Å². The van der Waals surface area contributed by atoms with Gasteiger partial charge < -0.3 is 19.6 Å². The van der Waals surface area contributed by atoms with Crippen molar-refractivity contribution < 1.29 is 23.9 Å². The summed E-state index contributed by atoms with van der Waals surface area (Å²) in [6.45, 7) is 11.4. The highest BCUT2D eigenvalue weighted by molar-refractivity contribution is 6.74. The van der Waals surface area contributed by atoms with Gasteiger partial charge >= 0.3 is 12.2 Å². The van der Waals surface area contributed by atoms with Crippen molar-refractivity contribution in [2.45, 2.75) is 64.0 Å². The molecule has 2 amide bonds. The van der Waals surface area contributed by atoms with Gasteiger partial charge in [0, 0.05) is 6.54 Å². The van der Waals surface area contributed by atoms with E-state index in [1.54, 1.807) is 0 Å². The fourth-order valence-electron chi connectivity index (χ4n) is 2.86. The Hall–Kier alpha value is -2.32. The summed E-state index contributed by atoms with van der Waals surface area (Å²) >= 11 is 0. The summed E-state index contributed by atoms with van der Waals surface area (Å²) < 4.78 is 11.5. The third kappa shape index (κ3) is 6.88. The van der Waals surface area contributed by atoms with Crippen molar-refractivity contribution in [3.05, 3.63) is 48.0 Å². The van der Waals surface area contributed by atoms with Gasteiger partial charge in [0.2, 0.25) is 0 Å². The van der Waals surface area contributed by atoms with E-state index >= 15 is 0 Å². The molecule has 1 heterocycles. The lowest BCUT2D eigenvalue weighted by molar-refractivity contribution is 0.105. The maximum Gasteiger partial charge on any atom is 0.407 e. The second-order valence-electron chi connectivity index (χ2n) is 9.14. The van der Waals surface area contributed by atoms with Crippen LogP contribution in [0.1, 0.15) is 32.8 Å². The molecular formula is C22H34N2O5Si. The van der Waals surface area contributed by atoms with Crippen molar-refractivity contribution in [1.82, 2.24) is 10.2 Å². The number of benzene rings is 1. The number of nitrogens with one attached hydrogen (secondary N) is 1. The number of carbonyl (C=O) groups is 2. The van der Waals surface area contributed by atoms with Gasteiger partial charge in [-0.15, -0.1) is 0 Å². The molecular weight excluding hydrogens is 400 g/mol. The zero-order chi connectivity index (χ0) is 22.4. The van der Waals surface area contributed by atoms with Crippen LogP contribution in [0.2, 0.25) is 18.1 Å². The topological polar surface area (TPSA) is 88.1 Å². The van der Waals surface area contributed by atoms with Crippen molar-refractivity contribution in [2.24, 2.45) is 0 Å². The van der Waals surface area contributed by atoms with Gasteiger partial charge in [0.25, 0.3) is 0 Å². The molecule has 30 heavy (non-hydrogen) atoms. The van der Waals surface area contributed by atoms with E-state index in [9.17, 15) is 14.7 Å². The van der Waals surface area contributed by atoms with Crippen LogP contribution in [0, 0.1) is 0 Å². The highest BCUT2D eigenvalue weighted by Gasteiger charge is 2.38. The lowest BCUT2D eigenvalue weighted by Crippen LogP contribution is -2.50. The molecule has 1 aliphatic rings. The minimum absolute atomic E-state index is 0.0437. The first-order valence-corrected chi connectivity index (χ1v) is 13.2. The van der Waals surface area contributed by atoms with Crippen molar-refractivity contribution >= 4 is 20.5 Å². The molecule has 0 aliphatic carbocycles. The Balaban J connectivity index is 1.94. The Kier molecular flexibility index (Phi) is 8.08. The van der Waals surface area contributed by atoms with E-state index in [2.05, 4.69) is 39.2 Å². The zero-order valence-electron chi connectivity index (χ0n) is 18.6. The average Bonchev–Trinajstić information content (AvgIpc) is 2.87. The molecule has 8 heteroatoms. The van der Waals surface area contributed by atoms with E-state index in [-0.39, 0.29) is 30.3 Å². The van der Waals surface area contributed by atoms with E-state index in [1.807, 2.05) is 42.5 Å². The Morgan fingerprint density at radius 2 is 1.90 bits per heavy atom. The molecule has 0 unspecified atom stereocenters. The third-order valence-electron chi connectivity index (χ3n) is 5.80. The van der Waals surface area contributed by atoms with E-state index in [0.717, 1.165) is 5.56 Å². The van der Waals surface area contributed by atoms with Crippen LogP contribution in [-0.2, 0) is 15.8 Å². The Bertz CT molecular complexity index is 746. The second-order valence-corrected chi connectivity index (χ2v) is 13.9. The van der Waals surface area contributed by atoms with Crippen LogP contribution >= 0.6 is 0 Å². The van der Waals surface area contributed by atoms with Crippen LogP contribution in [-0.4, -0.2) is 55.7 Å². The summed E-state index contributed by atoms with van der Waals surface area (Å²) in [7, 11) is -2.00. The molecule has 0 fully saturated rings. The number of alkyl carbamates (subject to hydrolysis) is 1. The zero-order valence-corrected chi connectivity index (χ0v) is 19.6. The number of rotatable bonds is 6. The lowest BCUT2D eigenvalue weighted by atomic mass is 10.2. The largest absolute Gasteiger partial charge is 0.465 e. The summed E-state index contributed by atoms with van der Waals surface area (Å²) in [5.41, 5.74) is 0.892. The molecule has 2 atom stereocenters. The predicted octanol–water partition coefficient (Wildman–Crippen LogP) is 4.61. The van der Waals surface area contributed by atoms with Crippen LogP contribution in [0.3, 0.4) is 0 Å². The monoisotopic (exact) mass is 434 g/mol. The quantitative estimate of drug-likeness (QED) is 0.504. The van der Waals surface area contributed by atoms with Gasteiger partial charge in [0.1, 0.15) is 6.61 Å². The van der Waals surface area contributed by atoms with Gasteiger partial charge in [0.05, 0.1) is 18.7 Å². The maximum atomic E-state index is 12.2. The first-order valence-electron chi connectivity index (χ1n) is 10.3. The third-order valence-corrected chi connectivity index (χ3v) is 10.3. The van der Waals surface area contributed by atoms with Crippen LogP contribution in [0.5, 0.6) is 0 Å². The average molecular weight is 435 g/mol. The van der Waals surface area contributed by atoms with E-state index in [0.29, 0.717) is 13.0 Å². The number of carboxylic acid groups (broad SMARTS) is 1. The maximum absolute atomic E-state index is 12.2. The Morgan fingerprint density at radius 3 is 2.50 bits per heavy atom. The van der Waals surface area contributed by atoms with Gasteiger partial charge in [-0.3, -0.25) is 4.90 Å². The predicted molar refractivity (Wildman–Crippen MR) is 119 cm³/mol. The number of carbonyl (C=O) groups excluding carboxylic acids is 1. The summed E-state index contributed by atoms with van der Waals surface area (Å²) in [6.07, 6.45) is 2.71. The molecule has 0 radical (unpaired) electrons. The standard InChI is InChI=1S/C22H34N2O5Si/c1-22(2,3)30(4,5)29-16-19-13-9-12-18(14-24(19)21(26)27)23-20(25)28-15-17-10-7-6-8-11-17/h6-11,13,18-19H,12,14-16H2,1-5H3,(H,23,25)(H,26,27)/t18-,19+/m0/s1. The smallest absolute Gasteiger partial charge is 0.407 e. The van der Waals surface area contributed by atoms with Crippen LogP contribution in [0.15, 0.2) is 42.5 Å². The highest BCUT2D eigenvalue weighted by Crippen LogP contribution is 2.36. The number of amides is 2. The van der Waals surface area contributed by atoms with Crippen LogP contribution in [0.25, 0.3) is 0 Å². The molecule has 7 nitrogen and oxygen atoms in total. The molecule has 0 saturated carbocycles. The molecule has 1 aliphatic heterocycles. The Labute approximate surface area is 180 Å². The fourth-order valence-corrected chi connectivity index (χ4v) is 3.88. The number of nitrogens with zero attached hydrogens (tertiary/aromatic N) is 1. The minimum Gasteiger partial charge on any atom is -0.465 e. The summed E-state index contributed by atoms with van der Waals surface area (Å²) in [5, 5.41) is 12.6. The summed E-state index contributed by atoms with van der Waals surface area (Å²) in [5.74, 6) is 0. The molecule has 0 spiro atoms. The van der Waals surface area contributed by atoms with Gasteiger partial charge in [-0.1, -0.05) is 63.3 Å². The van der Waals surface area contributed by atoms with Crippen molar-refractivity contribution in [2.75, 3.05) is 13.2 Å². The molecule has 1 aromatic rings. The number of hydrogen-bond acceptors (Lipinski definition) is 4. The molecule has 0 bridgehead atoms. The van der Waals surface area contributed by atoms with E-state index < -0.39 is 20.5 Å². The van der Waals surface area contributed by atoms with Gasteiger partial charge in [-0.25, -0.2) is 9.59 Å². The minimum atomic E-state index is -2.00. The van der Waals surface area contributed by atoms with Crippen LogP contribution in [0.4, 0.5) is 9.59 Å². The SMILES string of the molecule is CC(C)(C)[Si](C)(C)OC[C@H]1C=CC[C@H](NC(=O)OCc2ccccc2)CN1C(=O)O.